The van der Waals surface area contributed by atoms with Crippen molar-refractivity contribution in [2.45, 2.75) is 12.8 Å². The summed E-state index contributed by atoms with van der Waals surface area (Å²) in [6.45, 7) is 7.50. The zero-order valence-corrected chi connectivity index (χ0v) is 11.1. The average Bonchev–Trinajstić information content (AvgIpc) is 2.33. The largest absolute Gasteiger partial charge is 0.121 e. The molecule has 0 fully saturated rings. The minimum atomic E-state index is 0.909. The molecule has 3 heteroatoms. The van der Waals surface area contributed by atoms with Crippen molar-refractivity contribution in [2.24, 2.45) is 0 Å². The van der Waals surface area contributed by atoms with E-state index in [1.807, 2.05) is 12.2 Å². The van der Waals surface area contributed by atoms with Gasteiger partial charge in [0.2, 0.25) is 0 Å². The molecule has 0 saturated carbocycles. The zero-order valence-electron chi connectivity index (χ0n) is 7.15. The van der Waals surface area contributed by atoms with Crippen molar-refractivity contribution in [2.75, 3.05) is 0 Å². The summed E-state index contributed by atoms with van der Waals surface area (Å²) in [7, 11) is 0. The van der Waals surface area contributed by atoms with Crippen LogP contribution in [-0.4, -0.2) is 0 Å². The van der Waals surface area contributed by atoms with E-state index in [0.29, 0.717) is 0 Å². The third-order valence-electron chi connectivity index (χ3n) is 1.71. The summed E-state index contributed by atoms with van der Waals surface area (Å²) in [5.41, 5.74) is 2.65. The molecule has 0 saturated heterocycles. The number of hydrogen-bond acceptors (Lipinski definition) is 1. The Kier molecular flexibility index (Phi) is 4.42. The molecule has 70 valence electrons. The van der Waals surface area contributed by atoms with E-state index in [2.05, 4.69) is 45.0 Å². The molecule has 1 rings (SSSR count). The quantitative estimate of drug-likeness (QED) is 0.703. The molecule has 0 aliphatic carbocycles. The number of thiophene rings is 1. The van der Waals surface area contributed by atoms with Crippen molar-refractivity contribution in [1.29, 1.82) is 0 Å². The van der Waals surface area contributed by atoms with Crippen molar-refractivity contribution in [3.05, 3.63) is 44.0 Å². The molecule has 0 N–H and O–H groups in total. The summed E-state index contributed by atoms with van der Waals surface area (Å²) >= 11 is 8.80. The second-order valence-corrected chi connectivity index (χ2v) is 6.25. The van der Waals surface area contributed by atoms with Crippen LogP contribution in [0.2, 0.25) is 0 Å². The molecule has 0 amide bonds. The Morgan fingerprint density at radius 3 is 1.69 bits per heavy atom. The minimum absolute atomic E-state index is 0.909. The van der Waals surface area contributed by atoms with E-state index in [1.54, 1.807) is 11.3 Å². The highest BCUT2D eigenvalue weighted by atomic mass is 79.9. The summed E-state index contributed by atoms with van der Waals surface area (Å²) in [6, 6.07) is 0. The van der Waals surface area contributed by atoms with Crippen molar-refractivity contribution >= 4 is 43.2 Å². The Balaban J connectivity index is 3.11. The third kappa shape index (κ3) is 2.55. The number of hydrogen-bond donors (Lipinski definition) is 0. The first kappa shape index (κ1) is 11.2. The van der Waals surface area contributed by atoms with E-state index in [4.69, 9.17) is 0 Å². The van der Waals surface area contributed by atoms with E-state index >= 15 is 0 Å². The van der Waals surface area contributed by atoms with Crippen molar-refractivity contribution in [3.63, 3.8) is 0 Å². The minimum Gasteiger partial charge on any atom is -0.121 e. The van der Waals surface area contributed by atoms with Crippen LogP contribution in [-0.2, 0) is 12.8 Å². The van der Waals surface area contributed by atoms with Gasteiger partial charge in [0.15, 0.2) is 0 Å². The van der Waals surface area contributed by atoms with Gasteiger partial charge in [-0.3, -0.25) is 0 Å². The van der Waals surface area contributed by atoms with E-state index in [0.717, 1.165) is 12.8 Å². The first-order valence-corrected chi connectivity index (χ1v) is 6.28. The van der Waals surface area contributed by atoms with Crippen LogP contribution in [0.1, 0.15) is 11.1 Å². The fraction of sp³-hybridized carbons (Fsp3) is 0.200. The molecule has 0 radical (unpaired) electrons. The molecule has 13 heavy (non-hydrogen) atoms. The highest BCUT2D eigenvalue weighted by Crippen LogP contribution is 2.37. The molecule has 1 aromatic rings. The molecule has 0 aliphatic rings. The Morgan fingerprint density at radius 1 is 1.00 bits per heavy atom. The molecular weight excluding hydrogens is 312 g/mol. The maximum atomic E-state index is 3.75. The molecular formula is C10H10Br2S. The molecule has 0 aliphatic heterocycles. The lowest BCUT2D eigenvalue weighted by Gasteiger charge is -1.99. The highest BCUT2D eigenvalue weighted by Gasteiger charge is 2.12. The molecule has 0 bridgehead atoms. The topological polar surface area (TPSA) is 0 Å². The van der Waals surface area contributed by atoms with Crippen LogP contribution in [0.4, 0.5) is 0 Å². The fourth-order valence-electron chi connectivity index (χ4n) is 1.13. The van der Waals surface area contributed by atoms with Crippen LogP contribution in [0.5, 0.6) is 0 Å². The second-order valence-electron chi connectivity index (χ2n) is 2.59. The normalized spacial score (nSPS) is 10.0. The van der Waals surface area contributed by atoms with Gasteiger partial charge in [0.25, 0.3) is 0 Å². The molecule has 0 spiro atoms. The van der Waals surface area contributed by atoms with Crippen LogP contribution in [0.3, 0.4) is 0 Å². The van der Waals surface area contributed by atoms with Gasteiger partial charge in [-0.1, -0.05) is 12.2 Å². The van der Waals surface area contributed by atoms with Gasteiger partial charge in [-0.15, -0.1) is 24.5 Å². The van der Waals surface area contributed by atoms with Crippen LogP contribution < -0.4 is 0 Å². The Hall–Kier alpha value is 0.140. The van der Waals surface area contributed by atoms with Gasteiger partial charge in [-0.2, -0.15) is 0 Å². The van der Waals surface area contributed by atoms with Crippen molar-refractivity contribution in [1.82, 2.24) is 0 Å². The van der Waals surface area contributed by atoms with Gasteiger partial charge < -0.3 is 0 Å². The monoisotopic (exact) mass is 320 g/mol. The second kappa shape index (κ2) is 5.13. The van der Waals surface area contributed by atoms with Gasteiger partial charge in [0, 0.05) is 0 Å². The molecule has 0 nitrogen and oxygen atoms in total. The predicted molar refractivity (Wildman–Crippen MR) is 67.5 cm³/mol. The number of rotatable bonds is 4. The molecule has 0 atom stereocenters. The summed E-state index contributed by atoms with van der Waals surface area (Å²) in [5.74, 6) is 0. The average molecular weight is 322 g/mol. The first-order valence-electron chi connectivity index (χ1n) is 3.88. The lowest BCUT2D eigenvalue weighted by atomic mass is 10.1. The standard InChI is InChI=1S/C10H10Br2S/c1-3-5-7-8(6-4-2)10(12)13-9(7)11/h3-4H,1-2,5-6H2. The number of halogens is 2. The van der Waals surface area contributed by atoms with Crippen LogP contribution in [0.15, 0.2) is 32.9 Å². The Bertz CT molecular complexity index is 295. The van der Waals surface area contributed by atoms with Gasteiger partial charge in [0.05, 0.1) is 7.57 Å². The van der Waals surface area contributed by atoms with Gasteiger partial charge in [-0.05, 0) is 55.8 Å². The molecule has 1 heterocycles. The Morgan fingerprint density at radius 2 is 1.38 bits per heavy atom. The maximum absolute atomic E-state index is 3.75. The lowest BCUT2D eigenvalue weighted by Crippen LogP contribution is -1.87. The lowest BCUT2D eigenvalue weighted by molar-refractivity contribution is 1.17. The highest BCUT2D eigenvalue weighted by molar-refractivity contribution is 9.12. The molecule has 0 unspecified atom stereocenters. The van der Waals surface area contributed by atoms with E-state index < -0.39 is 0 Å². The van der Waals surface area contributed by atoms with Crippen LogP contribution in [0.25, 0.3) is 0 Å². The predicted octanol–water partition coefficient (Wildman–Crippen LogP) is 4.73. The van der Waals surface area contributed by atoms with Crippen LogP contribution in [0, 0.1) is 0 Å². The van der Waals surface area contributed by atoms with Crippen molar-refractivity contribution < 1.29 is 0 Å². The summed E-state index contributed by atoms with van der Waals surface area (Å²) in [6.07, 6.45) is 5.66. The SMILES string of the molecule is C=CCc1c(Br)sc(Br)c1CC=C. The van der Waals surface area contributed by atoms with E-state index in [1.165, 1.54) is 18.7 Å². The third-order valence-corrected chi connectivity index (χ3v) is 4.49. The summed E-state index contributed by atoms with van der Waals surface area (Å²) in [4.78, 5) is 0. The van der Waals surface area contributed by atoms with Crippen LogP contribution >= 0.6 is 43.2 Å². The summed E-state index contributed by atoms with van der Waals surface area (Å²) in [5, 5.41) is 0. The molecule has 0 aromatic carbocycles. The number of allylic oxidation sites excluding steroid dienone is 2. The van der Waals surface area contributed by atoms with E-state index in [-0.39, 0.29) is 0 Å². The van der Waals surface area contributed by atoms with Gasteiger partial charge in [-0.25, -0.2) is 0 Å². The maximum Gasteiger partial charge on any atom is 0.0748 e. The van der Waals surface area contributed by atoms with E-state index in [9.17, 15) is 0 Å². The molecule has 1 aromatic heterocycles. The fourth-order valence-corrected chi connectivity index (χ4v) is 4.38. The van der Waals surface area contributed by atoms with Gasteiger partial charge >= 0.3 is 0 Å². The summed E-state index contributed by atoms with van der Waals surface area (Å²) < 4.78 is 2.38. The Labute approximate surface area is 99.6 Å². The zero-order chi connectivity index (χ0) is 9.84. The van der Waals surface area contributed by atoms with Crippen molar-refractivity contribution in [3.8, 4) is 0 Å². The first-order chi connectivity index (χ1) is 6.20. The smallest absolute Gasteiger partial charge is 0.0748 e. The van der Waals surface area contributed by atoms with Gasteiger partial charge in [0.1, 0.15) is 0 Å².